The first-order chi connectivity index (χ1) is 5.76. The van der Waals surface area contributed by atoms with Crippen LogP contribution in [-0.4, -0.2) is 22.8 Å². The molecule has 3 N–H and O–H groups in total. The van der Waals surface area contributed by atoms with E-state index in [0.717, 1.165) is 6.42 Å². The predicted molar refractivity (Wildman–Crippen MR) is 64.0 cm³/mol. The standard InChI is InChI=1S/C9H17BrN2O.ClH/c1-8(2,11)7(13)12-5-9(3)4-6(9)10;/h6H,4-5,11H2,1-3H3,(H,12,13);1H. The van der Waals surface area contributed by atoms with Gasteiger partial charge in [-0.05, 0) is 25.7 Å². The number of amides is 1. The third kappa shape index (κ3) is 3.41. The van der Waals surface area contributed by atoms with Gasteiger partial charge >= 0.3 is 0 Å². The average Bonchev–Trinajstić information content (AvgIpc) is 2.54. The lowest BCUT2D eigenvalue weighted by Crippen LogP contribution is -2.50. The normalized spacial score (nSPS) is 30.5. The number of hydrogen-bond acceptors (Lipinski definition) is 2. The van der Waals surface area contributed by atoms with Gasteiger partial charge in [0.1, 0.15) is 0 Å². The minimum Gasteiger partial charge on any atom is -0.354 e. The summed E-state index contributed by atoms with van der Waals surface area (Å²) < 4.78 is 0. The highest BCUT2D eigenvalue weighted by atomic mass is 79.9. The Morgan fingerprint density at radius 2 is 2.14 bits per heavy atom. The van der Waals surface area contributed by atoms with Gasteiger partial charge in [0.25, 0.3) is 0 Å². The summed E-state index contributed by atoms with van der Waals surface area (Å²) in [5, 5.41) is 2.86. The molecular formula is C9H18BrClN2O. The van der Waals surface area contributed by atoms with Crippen molar-refractivity contribution in [2.24, 2.45) is 11.1 Å². The van der Waals surface area contributed by atoms with Crippen LogP contribution in [0.1, 0.15) is 27.2 Å². The topological polar surface area (TPSA) is 55.1 Å². The molecule has 0 spiro atoms. The van der Waals surface area contributed by atoms with Crippen molar-refractivity contribution >= 4 is 34.2 Å². The van der Waals surface area contributed by atoms with Gasteiger partial charge < -0.3 is 11.1 Å². The molecule has 1 aliphatic carbocycles. The van der Waals surface area contributed by atoms with Crippen LogP contribution in [0.25, 0.3) is 0 Å². The number of alkyl halides is 1. The zero-order valence-corrected chi connectivity index (χ0v) is 11.2. The third-order valence-corrected chi connectivity index (χ3v) is 3.91. The van der Waals surface area contributed by atoms with Gasteiger partial charge in [-0.25, -0.2) is 0 Å². The van der Waals surface area contributed by atoms with Gasteiger partial charge in [0, 0.05) is 11.4 Å². The van der Waals surface area contributed by atoms with Crippen LogP contribution in [-0.2, 0) is 4.79 Å². The van der Waals surface area contributed by atoms with Gasteiger partial charge in [-0.3, -0.25) is 4.79 Å². The Bertz CT molecular complexity index is 229. The number of rotatable bonds is 3. The van der Waals surface area contributed by atoms with Crippen LogP contribution in [0.5, 0.6) is 0 Å². The number of halogens is 2. The lowest BCUT2D eigenvalue weighted by molar-refractivity contribution is -0.125. The maximum Gasteiger partial charge on any atom is 0.239 e. The molecule has 1 saturated carbocycles. The van der Waals surface area contributed by atoms with Crippen LogP contribution in [0, 0.1) is 5.41 Å². The van der Waals surface area contributed by atoms with Crippen LogP contribution in [0.3, 0.4) is 0 Å². The van der Waals surface area contributed by atoms with Gasteiger partial charge in [0.15, 0.2) is 0 Å². The van der Waals surface area contributed by atoms with Crippen LogP contribution in [0.4, 0.5) is 0 Å². The Kier molecular flexibility index (Phi) is 4.43. The van der Waals surface area contributed by atoms with Crippen LogP contribution < -0.4 is 11.1 Å². The lowest BCUT2D eigenvalue weighted by Gasteiger charge is -2.19. The van der Waals surface area contributed by atoms with Crippen molar-refractivity contribution in [3.05, 3.63) is 0 Å². The minimum atomic E-state index is -0.771. The SMILES string of the molecule is CC(C)(N)C(=O)NCC1(C)CC1Br.Cl. The Morgan fingerprint density at radius 1 is 1.71 bits per heavy atom. The lowest BCUT2D eigenvalue weighted by atomic mass is 10.1. The summed E-state index contributed by atoms with van der Waals surface area (Å²) in [6.07, 6.45) is 1.12. The summed E-state index contributed by atoms with van der Waals surface area (Å²) in [7, 11) is 0. The Balaban J connectivity index is 0.00000169. The molecule has 5 heteroatoms. The van der Waals surface area contributed by atoms with Crippen molar-refractivity contribution in [1.82, 2.24) is 5.32 Å². The smallest absolute Gasteiger partial charge is 0.239 e. The molecule has 84 valence electrons. The molecule has 0 heterocycles. The number of nitrogens with two attached hydrogens (primary N) is 1. The molecule has 2 unspecified atom stereocenters. The minimum absolute atomic E-state index is 0. The molecule has 1 amide bonds. The van der Waals surface area contributed by atoms with Crippen molar-refractivity contribution in [1.29, 1.82) is 0 Å². The fraction of sp³-hybridized carbons (Fsp3) is 0.889. The van der Waals surface area contributed by atoms with E-state index < -0.39 is 5.54 Å². The molecule has 2 atom stereocenters. The van der Waals surface area contributed by atoms with Gasteiger partial charge in [-0.1, -0.05) is 22.9 Å². The van der Waals surface area contributed by atoms with Crippen molar-refractivity contribution < 1.29 is 4.79 Å². The van der Waals surface area contributed by atoms with E-state index in [1.807, 2.05) is 0 Å². The second kappa shape index (κ2) is 4.37. The first-order valence-corrected chi connectivity index (χ1v) is 5.38. The van der Waals surface area contributed by atoms with Crippen LogP contribution in [0.2, 0.25) is 0 Å². The molecule has 14 heavy (non-hydrogen) atoms. The molecule has 0 aromatic heterocycles. The largest absolute Gasteiger partial charge is 0.354 e. The molecule has 1 aliphatic rings. The molecule has 1 fully saturated rings. The third-order valence-electron chi connectivity index (χ3n) is 2.48. The van der Waals surface area contributed by atoms with Crippen molar-refractivity contribution in [2.45, 2.75) is 37.6 Å². The second-order valence-electron chi connectivity index (χ2n) is 4.73. The van der Waals surface area contributed by atoms with E-state index in [9.17, 15) is 4.79 Å². The Labute approximate surface area is 99.7 Å². The van der Waals surface area contributed by atoms with E-state index in [4.69, 9.17) is 5.73 Å². The molecule has 3 nitrogen and oxygen atoms in total. The van der Waals surface area contributed by atoms with Crippen molar-refractivity contribution in [2.75, 3.05) is 6.54 Å². The van der Waals surface area contributed by atoms with Gasteiger partial charge in [-0.2, -0.15) is 0 Å². The van der Waals surface area contributed by atoms with Crippen LogP contribution >= 0.6 is 28.3 Å². The fourth-order valence-corrected chi connectivity index (χ4v) is 1.94. The summed E-state index contributed by atoms with van der Waals surface area (Å²) in [5.41, 5.74) is 5.11. The number of nitrogens with one attached hydrogen (secondary N) is 1. The summed E-state index contributed by atoms with van der Waals surface area (Å²) in [4.78, 5) is 11.9. The van der Waals surface area contributed by atoms with E-state index >= 15 is 0 Å². The molecule has 0 bridgehead atoms. The maximum atomic E-state index is 11.4. The first kappa shape index (κ1) is 14.2. The predicted octanol–water partition coefficient (Wildman–Crippen LogP) is 1.44. The monoisotopic (exact) mass is 284 g/mol. The highest BCUT2D eigenvalue weighted by Crippen LogP contribution is 2.50. The van der Waals surface area contributed by atoms with E-state index in [-0.39, 0.29) is 23.7 Å². The van der Waals surface area contributed by atoms with Gasteiger partial charge in [-0.15, -0.1) is 12.4 Å². The molecular weight excluding hydrogens is 267 g/mol. The molecule has 0 radical (unpaired) electrons. The first-order valence-electron chi connectivity index (χ1n) is 4.47. The van der Waals surface area contributed by atoms with Crippen molar-refractivity contribution in [3.8, 4) is 0 Å². The average molecular weight is 286 g/mol. The maximum absolute atomic E-state index is 11.4. The van der Waals surface area contributed by atoms with E-state index in [2.05, 4.69) is 28.2 Å². The van der Waals surface area contributed by atoms with Gasteiger partial charge in [0.2, 0.25) is 5.91 Å². The molecule has 1 rings (SSSR count). The number of carbonyl (C=O) groups is 1. The summed E-state index contributed by atoms with van der Waals surface area (Å²) in [6, 6.07) is 0. The zero-order valence-electron chi connectivity index (χ0n) is 8.76. The van der Waals surface area contributed by atoms with E-state index in [0.29, 0.717) is 11.4 Å². The van der Waals surface area contributed by atoms with E-state index in [1.54, 1.807) is 13.8 Å². The molecule has 0 aromatic carbocycles. The Morgan fingerprint density at radius 3 is 2.43 bits per heavy atom. The number of carbonyl (C=O) groups excluding carboxylic acids is 1. The summed E-state index contributed by atoms with van der Waals surface area (Å²) >= 11 is 3.52. The van der Waals surface area contributed by atoms with E-state index in [1.165, 1.54) is 0 Å². The second-order valence-corrected chi connectivity index (χ2v) is 5.84. The molecule has 0 saturated heterocycles. The van der Waals surface area contributed by atoms with Gasteiger partial charge in [0.05, 0.1) is 5.54 Å². The quantitative estimate of drug-likeness (QED) is 0.771. The summed E-state index contributed by atoms with van der Waals surface area (Å²) in [5.74, 6) is -0.0830. The molecule has 0 aromatic rings. The fourth-order valence-electron chi connectivity index (χ4n) is 1.04. The van der Waals surface area contributed by atoms with Crippen molar-refractivity contribution in [3.63, 3.8) is 0 Å². The number of hydrogen-bond donors (Lipinski definition) is 2. The zero-order chi connectivity index (χ0) is 10.3. The van der Waals surface area contributed by atoms with Crippen LogP contribution in [0.15, 0.2) is 0 Å². The highest BCUT2D eigenvalue weighted by molar-refractivity contribution is 9.09. The summed E-state index contributed by atoms with van der Waals surface area (Å²) in [6.45, 7) is 6.28. The highest BCUT2D eigenvalue weighted by Gasteiger charge is 2.48. The molecule has 0 aliphatic heterocycles. The Hall–Kier alpha value is 0.200.